The Morgan fingerprint density at radius 1 is 1.43 bits per heavy atom. The van der Waals surface area contributed by atoms with Gasteiger partial charge in [0.05, 0.1) is 6.54 Å². The van der Waals surface area contributed by atoms with Gasteiger partial charge in [-0.25, -0.2) is 4.79 Å². The largest absolute Gasteiger partial charge is 0.451 e. The van der Waals surface area contributed by atoms with Crippen molar-refractivity contribution in [2.45, 2.75) is 13.0 Å². The Kier molecular flexibility index (Phi) is 2.32. The third kappa shape index (κ3) is 1.42. The smallest absolute Gasteiger partial charge is 0.330 e. The summed E-state index contributed by atoms with van der Waals surface area (Å²) < 4.78 is 3.15. The Hall–Kier alpha value is -1.62. The minimum atomic E-state index is -0.0472. The minimum Gasteiger partial charge on any atom is -0.330 e. The van der Waals surface area contributed by atoms with E-state index in [1.807, 2.05) is 18.2 Å². The molecule has 0 fully saturated rings. The van der Waals surface area contributed by atoms with Gasteiger partial charge >= 0.3 is 11.3 Å². The maximum absolute atomic E-state index is 11.7. The van der Waals surface area contributed by atoms with Gasteiger partial charge in [-0.3, -0.25) is 0 Å². The predicted molar refractivity (Wildman–Crippen MR) is 51.9 cm³/mol. The second kappa shape index (κ2) is 3.63. The van der Waals surface area contributed by atoms with Crippen molar-refractivity contribution >= 4 is 5.65 Å². The zero-order valence-corrected chi connectivity index (χ0v) is 7.81. The van der Waals surface area contributed by atoms with Gasteiger partial charge in [-0.15, -0.1) is 9.08 Å². The fourth-order valence-corrected chi connectivity index (χ4v) is 1.42. The standard InChI is InChI=1S/C9H12N4O/c10-5-3-7-13-9(14)12-6-2-1-4-8(12)11-13/h1-2,4,6H,3,5,7,10H2/p+1. The first-order valence-corrected chi connectivity index (χ1v) is 4.62. The van der Waals surface area contributed by atoms with E-state index in [1.165, 1.54) is 0 Å². The zero-order chi connectivity index (χ0) is 9.97. The number of aromatic amines is 1. The van der Waals surface area contributed by atoms with Gasteiger partial charge in [-0.1, -0.05) is 6.07 Å². The van der Waals surface area contributed by atoms with Gasteiger partial charge in [0, 0.05) is 6.07 Å². The average Bonchev–Trinajstić information content (AvgIpc) is 2.54. The summed E-state index contributed by atoms with van der Waals surface area (Å²) in [6, 6.07) is 5.58. The number of nitrogens with zero attached hydrogens (tertiary/aromatic N) is 2. The number of hydrogen-bond acceptors (Lipinski definition) is 2. The molecular formula is C9H13N4O+. The molecule has 2 heterocycles. The lowest BCUT2D eigenvalue weighted by atomic mass is 10.4. The van der Waals surface area contributed by atoms with E-state index in [0.717, 1.165) is 12.1 Å². The lowest BCUT2D eigenvalue weighted by molar-refractivity contribution is -0.465. The molecule has 14 heavy (non-hydrogen) atoms. The Balaban J connectivity index is 2.47. The molecule has 0 amide bonds. The quantitative estimate of drug-likeness (QED) is 0.698. The molecule has 0 saturated heterocycles. The van der Waals surface area contributed by atoms with Crippen molar-refractivity contribution in [3.8, 4) is 0 Å². The number of hydrogen-bond donors (Lipinski definition) is 1. The van der Waals surface area contributed by atoms with Crippen LogP contribution in [0.5, 0.6) is 0 Å². The maximum Gasteiger partial charge on any atom is 0.451 e. The van der Waals surface area contributed by atoms with Crippen LogP contribution >= 0.6 is 0 Å². The summed E-state index contributed by atoms with van der Waals surface area (Å²) in [5.74, 6) is 0. The molecule has 2 rings (SSSR count). The van der Waals surface area contributed by atoms with E-state index in [9.17, 15) is 4.79 Å². The van der Waals surface area contributed by atoms with E-state index in [-0.39, 0.29) is 5.69 Å². The number of fused-ring (bicyclic) bond motifs is 1. The second-order valence-electron chi connectivity index (χ2n) is 3.14. The van der Waals surface area contributed by atoms with Crippen molar-refractivity contribution < 1.29 is 5.10 Å². The molecule has 0 aliphatic carbocycles. The van der Waals surface area contributed by atoms with Crippen molar-refractivity contribution in [3.05, 3.63) is 34.9 Å². The SMILES string of the molecule is NCCCn1[nH+]c2ccccn2c1=O. The summed E-state index contributed by atoms with van der Waals surface area (Å²) in [6.45, 7) is 1.23. The van der Waals surface area contributed by atoms with Gasteiger partial charge in [-0.2, -0.15) is 5.10 Å². The number of nitrogens with two attached hydrogens (primary N) is 1. The number of nitrogens with one attached hydrogen (secondary N) is 1. The Labute approximate surface area is 80.8 Å². The highest BCUT2D eigenvalue weighted by Crippen LogP contribution is 1.90. The molecule has 0 aliphatic rings. The van der Waals surface area contributed by atoms with Gasteiger partial charge in [0.25, 0.3) is 0 Å². The summed E-state index contributed by atoms with van der Waals surface area (Å²) in [6.07, 6.45) is 2.54. The van der Waals surface area contributed by atoms with Crippen LogP contribution in [0, 0.1) is 0 Å². The lowest BCUT2D eigenvalue weighted by Gasteiger charge is -1.91. The molecule has 5 nitrogen and oxygen atoms in total. The number of aryl methyl sites for hydroxylation is 1. The average molecular weight is 193 g/mol. The fraction of sp³-hybridized carbons (Fsp3) is 0.333. The Morgan fingerprint density at radius 3 is 3.00 bits per heavy atom. The molecule has 0 radical (unpaired) electrons. The molecule has 0 bridgehead atoms. The van der Waals surface area contributed by atoms with Gasteiger partial charge in [0.15, 0.2) is 0 Å². The third-order valence-electron chi connectivity index (χ3n) is 2.13. The van der Waals surface area contributed by atoms with Crippen molar-refractivity contribution in [3.63, 3.8) is 0 Å². The number of aromatic nitrogens is 3. The van der Waals surface area contributed by atoms with Crippen LogP contribution in [0.25, 0.3) is 5.65 Å². The second-order valence-corrected chi connectivity index (χ2v) is 3.14. The van der Waals surface area contributed by atoms with Crippen LogP contribution in [0.4, 0.5) is 0 Å². The van der Waals surface area contributed by atoms with E-state index in [2.05, 4.69) is 5.10 Å². The minimum absolute atomic E-state index is 0.0472. The van der Waals surface area contributed by atoms with E-state index in [0.29, 0.717) is 13.1 Å². The normalized spacial score (nSPS) is 10.9. The van der Waals surface area contributed by atoms with Gasteiger partial charge < -0.3 is 5.73 Å². The summed E-state index contributed by atoms with van der Waals surface area (Å²) >= 11 is 0. The van der Waals surface area contributed by atoms with E-state index >= 15 is 0 Å². The number of H-pyrrole nitrogens is 1. The van der Waals surface area contributed by atoms with Crippen molar-refractivity contribution in [2.75, 3.05) is 6.54 Å². The highest BCUT2D eigenvalue weighted by atomic mass is 16.2. The molecule has 2 aromatic heterocycles. The molecule has 0 spiro atoms. The predicted octanol–water partition coefficient (Wildman–Crippen LogP) is -0.736. The molecule has 3 N–H and O–H groups in total. The van der Waals surface area contributed by atoms with Crippen LogP contribution in [0.1, 0.15) is 6.42 Å². The highest BCUT2D eigenvalue weighted by Gasteiger charge is 2.11. The Bertz CT molecular complexity index is 485. The summed E-state index contributed by atoms with van der Waals surface area (Å²) in [7, 11) is 0. The molecular weight excluding hydrogens is 180 g/mol. The van der Waals surface area contributed by atoms with E-state index in [4.69, 9.17) is 5.73 Å². The summed E-state index contributed by atoms with van der Waals surface area (Å²) in [4.78, 5) is 11.7. The van der Waals surface area contributed by atoms with Gasteiger partial charge in [0.2, 0.25) is 0 Å². The third-order valence-corrected chi connectivity index (χ3v) is 2.13. The van der Waals surface area contributed by atoms with Crippen molar-refractivity contribution in [1.82, 2.24) is 9.08 Å². The first kappa shape index (κ1) is 8.96. The van der Waals surface area contributed by atoms with E-state index < -0.39 is 0 Å². The molecule has 0 aliphatic heterocycles. The Morgan fingerprint density at radius 2 is 2.29 bits per heavy atom. The maximum atomic E-state index is 11.7. The monoisotopic (exact) mass is 193 g/mol. The zero-order valence-electron chi connectivity index (χ0n) is 7.81. The van der Waals surface area contributed by atoms with Gasteiger partial charge in [0.1, 0.15) is 6.20 Å². The topological polar surface area (TPSA) is 66.6 Å². The van der Waals surface area contributed by atoms with Crippen LogP contribution in [-0.4, -0.2) is 15.6 Å². The van der Waals surface area contributed by atoms with Crippen LogP contribution in [-0.2, 0) is 6.54 Å². The number of pyridine rings is 1. The summed E-state index contributed by atoms with van der Waals surface area (Å²) in [5.41, 5.74) is 6.14. The first-order chi connectivity index (χ1) is 6.83. The molecule has 74 valence electrons. The molecule has 5 heteroatoms. The van der Waals surface area contributed by atoms with Crippen LogP contribution < -0.4 is 16.5 Å². The lowest BCUT2D eigenvalue weighted by Crippen LogP contribution is -2.29. The van der Waals surface area contributed by atoms with Crippen LogP contribution in [0.3, 0.4) is 0 Å². The molecule has 2 aromatic rings. The molecule has 0 aromatic carbocycles. The molecule has 0 atom stereocenters. The van der Waals surface area contributed by atoms with Crippen molar-refractivity contribution in [2.24, 2.45) is 5.73 Å². The first-order valence-electron chi connectivity index (χ1n) is 4.62. The van der Waals surface area contributed by atoms with E-state index in [1.54, 1.807) is 15.3 Å². The molecule has 0 saturated carbocycles. The van der Waals surface area contributed by atoms with Crippen molar-refractivity contribution in [1.29, 1.82) is 0 Å². The van der Waals surface area contributed by atoms with Gasteiger partial charge in [-0.05, 0) is 19.0 Å². The fourth-order valence-electron chi connectivity index (χ4n) is 1.42. The summed E-state index contributed by atoms with van der Waals surface area (Å²) in [5, 5.41) is 3.01. The van der Waals surface area contributed by atoms with Crippen LogP contribution in [0.2, 0.25) is 0 Å². The number of rotatable bonds is 3. The highest BCUT2D eigenvalue weighted by molar-refractivity contribution is 5.29. The van der Waals surface area contributed by atoms with Crippen LogP contribution in [0.15, 0.2) is 29.2 Å². The molecule has 0 unspecified atom stereocenters.